The third-order valence-electron chi connectivity index (χ3n) is 4.30. The van der Waals surface area contributed by atoms with Gasteiger partial charge in [-0.2, -0.15) is 12.1 Å². The van der Waals surface area contributed by atoms with E-state index >= 15 is 0 Å². The molecule has 1 aliphatic rings. The first kappa shape index (κ1) is 20.4. The van der Waals surface area contributed by atoms with Gasteiger partial charge in [0.1, 0.15) is 24.3 Å². The molecular formula is C18H20CfFN4O4-. The van der Waals surface area contributed by atoms with E-state index in [-0.39, 0.29) is 18.4 Å². The summed E-state index contributed by atoms with van der Waals surface area (Å²) in [5, 5.41) is 12.8. The van der Waals surface area contributed by atoms with Gasteiger partial charge in [0, 0.05) is 17.8 Å². The van der Waals surface area contributed by atoms with Gasteiger partial charge in [-0.05, 0) is 26.0 Å². The Balaban J connectivity index is 0.00000280. The number of benzene rings is 1. The molecule has 0 bridgehead atoms. The van der Waals surface area contributed by atoms with Gasteiger partial charge in [-0.3, -0.25) is 4.90 Å². The van der Waals surface area contributed by atoms with Crippen LogP contribution in [-0.4, -0.2) is 39.9 Å². The third kappa shape index (κ3) is 3.90. The van der Waals surface area contributed by atoms with Gasteiger partial charge in [0.05, 0.1) is 17.9 Å². The summed E-state index contributed by atoms with van der Waals surface area (Å²) >= 11 is 0. The van der Waals surface area contributed by atoms with Crippen molar-refractivity contribution in [3.63, 3.8) is 0 Å². The molecule has 1 aromatic carbocycles. The van der Waals surface area contributed by atoms with E-state index in [4.69, 9.17) is 9.47 Å². The van der Waals surface area contributed by atoms with Crippen LogP contribution in [0.25, 0.3) is 0 Å². The van der Waals surface area contributed by atoms with Crippen LogP contribution in [0.15, 0.2) is 30.5 Å². The van der Waals surface area contributed by atoms with E-state index in [0.29, 0.717) is 11.3 Å². The Hall–Kier alpha value is -3.94. The molecule has 154 valence electrons. The molecule has 0 saturated carbocycles. The van der Waals surface area contributed by atoms with Crippen molar-refractivity contribution >= 4 is 17.9 Å². The minimum absolute atomic E-state index is 0. The van der Waals surface area contributed by atoms with Crippen molar-refractivity contribution in [1.29, 1.82) is 0 Å². The zero-order valence-electron chi connectivity index (χ0n) is 15.2. The average Bonchev–Trinajstić information content (AvgIpc) is 3.03. The van der Waals surface area contributed by atoms with Crippen molar-refractivity contribution < 1.29 is 23.8 Å². The molecular weight excluding hydrogens is 606 g/mol. The Morgan fingerprint density at radius 1 is 1.43 bits per heavy atom. The zero-order valence-corrected chi connectivity index (χ0v) is 17.9. The number of aromatic nitrogens is 2. The van der Waals surface area contributed by atoms with Crippen molar-refractivity contribution in [2.75, 3.05) is 16.8 Å². The summed E-state index contributed by atoms with van der Waals surface area (Å²) in [6.45, 7) is 3.40. The molecule has 1 fully saturated rings. The van der Waals surface area contributed by atoms with Gasteiger partial charge in [0.2, 0.25) is 5.95 Å². The van der Waals surface area contributed by atoms with E-state index in [1.165, 1.54) is 17.2 Å². The van der Waals surface area contributed by atoms with Crippen LogP contribution in [0.1, 0.15) is 25.5 Å². The second-order valence-electron chi connectivity index (χ2n) is 6.19. The van der Waals surface area contributed by atoms with Gasteiger partial charge in [0.25, 0.3) is 0 Å². The fourth-order valence-electron chi connectivity index (χ4n) is 2.83. The Kier molecular flexibility index (Phi) is 5.95. The number of hydrogen-bond acceptors (Lipinski definition) is 7. The molecule has 1 aliphatic heterocycles. The maximum atomic E-state index is 14.2. The Morgan fingerprint density at radius 3 is 2.82 bits per heavy atom. The van der Waals surface area contributed by atoms with E-state index in [0.717, 1.165) is 0 Å². The Morgan fingerprint density at radius 2 is 2.18 bits per heavy atom. The maximum Gasteiger partial charge on any atom is 0.416 e. The molecule has 0 spiro atoms. The molecule has 28 heavy (non-hydrogen) atoms. The molecule has 3 atom stereocenters. The first-order chi connectivity index (χ1) is 12.9. The van der Waals surface area contributed by atoms with Gasteiger partial charge in [0.15, 0.2) is 0 Å². The van der Waals surface area contributed by atoms with Gasteiger partial charge in [-0.1, -0.05) is 6.07 Å². The van der Waals surface area contributed by atoms with Crippen molar-refractivity contribution in [2.45, 2.75) is 32.0 Å². The molecule has 1 saturated heterocycles. The number of ether oxygens (including phenoxy) is 2. The minimum atomic E-state index is -0.787. The van der Waals surface area contributed by atoms with E-state index in [1.807, 2.05) is 0 Å². The summed E-state index contributed by atoms with van der Waals surface area (Å²) in [6.07, 6.45) is 0.0936. The molecule has 0 aliphatic carbocycles. The number of aliphatic hydroxyl groups excluding tert-OH is 1. The van der Waals surface area contributed by atoms with Crippen molar-refractivity contribution in [3.8, 4) is 5.75 Å². The molecule has 2 heterocycles. The quantitative estimate of drug-likeness (QED) is 0.477. The first-order valence-corrected chi connectivity index (χ1v) is 8.36. The molecule has 10 heteroatoms. The standard InChI is InChI=1S/C18H20FN4O4.Cf/c1-10(13-5-4-12(26-3)8-14(13)19)21-17-20-7-6-16(22-17)23-15(11(2)24)9-27-18(23)25;/h4-8,10-11,15,24H,3,9H2,1-2H3,(H,20,21,22);/q-1;/t10-,11+,15+;/m0./s1. The molecule has 1 aromatic heterocycles. The number of hydrogen-bond donors (Lipinski definition) is 2. The summed E-state index contributed by atoms with van der Waals surface area (Å²) in [6, 6.07) is 4.99. The predicted octanol–water partition coefficient (Wildman–Crippen LogP) is 2.67. The van der Waals surface area contributed by atoms with E-state index in [2.05, 4.69) is 22.4 Å². The number of nitrogens with zero attached hydrogens (tertiary/aromatic N) is 3. The topological polar surface area (TPSA) is 96.8 Å². The van der Waals surface area contributed by atoms with E-state index in [9.17, 15) is 14.3 Å². The normalized spacial score (nSPS) is 18.1. The van der Waals surface area contributed by atoms with Crippen LogP contribution in [0.4, 0.5) is 21.0 Å². The van der Waals surface area contributed by atoms with Crippen LogP contribution >= 0.6 is 0 Å². The number of halogens is 1. The second kappa shape index (κ2) is 8.17. The van der Waals surface area contributed by atoms with Gasteiger partial charge in [-0.15, -0.1) is 0 Å². The van der Waals surface area contributed by atoms with Gasteiger partial charge in [-0.25, -0.2) is 14.2 Å². The largest absolute Gasteiger partial charge is 0.665 e. The number of nitrogens with one attached hydrogen (secondary N) is 1. The average molecular weight is 626 g/mol. The third-order valence-corrected chi connectivity index (χ3v) is 4.30. The number of rotatable bonds is 6. The van der Waals surface area contributed by atoms with E-state index < -0.39 is 30.1 Å². The number of carbonyl (C=O) groups is 1. The number of carbonyl (C=O) groups excluding carboxylic acids is 1. The molecule has 0 unspecified atom stereocenters. The summed E-state index contributed by atoms with van der Waals surface area (Å²) in [5.41, 5.74) is 0.396. The summed E-state index contributed by atoms with van der Waals surface area (Å²) in [7, 11) is 3.25. The van der Waals surface area contributed by atoms with Crippen LogP contribution in [0, 0.1) is 12.9 Å². The zero-order chi connectivity index (χ0) is 19.6. The van der Waals surface area contributed by atoms with Gasteiger partial charge < -0.3 is 19.9 Å². The monoisotopic (exact) mass is 624 g/mol. The van der Waals surface area contributed by atoms with Crippen molar-refractivity contribution in [3.05, 3.63) is 49.0 Å². The predicted molar refractivity (Wildman–Crippen MR) is 95.8 cm³/mol. The molecule has 0 radical (unpaired) electrons. The van der Waals surface area contributed by atoms with E-state index in [1.54, 1.807) is 32.0 Å². The Bertz CT molecular complexity index is 839. The Labute approximate surface area is 155 Å². The number of cyclic esters (lactones) is 1. The smallest absolute Gasteiger partial charge is 0.416 e. The molecule has 1 amide bonds. The fourth-order valence-corrected chi connectivity index (χ4v) is 2.83. The van der Waals surface area contributed by atoms with Crippen LogP contribution < -0.4 is 15.0 Å². The van der Waals surface area contributed by atoms with Crippen molar-refractivity contribution in [2.24, 2.45) is 0 Å². The summed E-state index contributed by atoms with van der Waals surface area (Å²) in [4.78, 5) is 21.7. The summed E-state index contributed by atoms with van der Waals surface area (Å²) < 4.78 is 24.0. The van der Waals surface area contributed by atoms with Crippen LogP contribution in [-0.2, 0) is 4.74 Å². The second-order valence-corrected chi connectivity index (χ2v) is 6.19. The van der Waals surface area contributed by atoms with Gasteiger partial charge >= 0.3 is 6.09 Å². The SMILES string of the molecule is [CH2-]Oc1ccc([C@H](C)Nc2nccc(N3C(=O)OC[C@@H]3[C@@H](C)O)n2)c(F)c1.[Cf]. The van der Waals surface area contributed by atoms with Crippen LogP contribution in [0.3, 0.4) is 0 Å². The van der Waals surface area contributed by atoms with Crippen LogP contribution in [0.5, 0.6) is 5.75 Å². The molecule has 3 rings (SSSR count). The fraction of sp³-hybridized carbons (Fsp3) is 0.333. The first-order valence-electron chi connectivity index (χ1n) is 8.36. The summed E-state index contributed by atoms with van der Waals surface area (Å²) in [5.74, 6) is 0.360. The maximum absolute atomic E-state index is 14.2. The number of amides is 1. The molecule has 2 aromatic rings. The number of anilines is 2. The molecule has 2 N–H and O–H groups in total. The minimum Gasteiger partial charge on any atom is -0.665 e. The van der Waals surface area contributed by atoms with Crippen molar-refractivity contribution in [1.82, 2.24) is 9.97 Å². The number of aliphatic hydroxyl groups is 1. The van der Waals surface area contributed by atoms with Crippen LogP contribution in [0.2, 0.25) is 0 Å². The molecule has 8 nitrogen and oxygen atoms in total.